The first-order valence-electron chi connectivity index (χ1n) is 6.83. The van der Waals surface area contributed by atoms with E-state index >= 15 is 0 Å². The number of aliphatic hydroxyl groups is 1. The molecule has 0 bridgehead atoms. The fraction of sp³-hybridized carbons (Fsp3) is 0.750. The maximum atomic E-state index is 10.0. The number of unbranched alkanes of at least 4 members (excludes halogenated alkanes) is 1. The maximum absolute atomic E-state index is 10.0. The zero-order valence-corrected chi connectivity index (χ0v) is 12.3. The van der Waals surface area contributed by atoms with Crippen LogP contribution in [0.4, 0.5) is 0 Å². The van der Waals surface area contributed by atoms with Gasteiger partial charge in [-0.25, -0.2) is 0 Å². The zero-order chi connectivity index (χ0) is 13.3. The van der Waals surface area contributed by atoms with Crippen LogP contribution in [0.15, 0.2) is 23.5 Å². The van der Waals surface area contributed by atoms with E-state index in [1.54, 1.807) is 0 Å². The van der Waals surface area contributed by atoms with Crippen LogP contribution in [-0.4, -0.2) is 5.11 Å². The predicted octanol–water partition coefficient (Wildman–Crippen LogP) is 5.25. The second-order valence-electron chi connectivity index (χ2n) is 6.57. The van der Waals surface area contributed by atoms with Crippen molar-refractivity contribution in [3.05, 3.63) is 23.5 Å². The van der Waals surface area contributed by atoms with Crippen LogP contribution < -0.4 is 0 Å². The summed E-state index contributed by atoms with van der Waals surface area (Å²) >= 11 is 0. The lowest BCUT2D eigenvalue weighted by atomic mass is 9.55. The molecule has 0 aromatic carbocycles. The van der Waals surface area contributed by atoms with E-state index in [1.165, 1.54) is 19.3 Å². The topological polar surface area (TPSA) is 20.2 Å². The molecule has 2 unspecified atom stereocenters. The molecular weight excluding hydrogens is 208 g/mol. The van der Waals surface area contributed by atoms with Crippen molar-refractivity contribution in [1.82, 2.24) is 0 Å². The van der Waals surface area contributed by atoms with Crippen molar-refractivity contribution in [1.29, 1.82) is 0 Å². The quantitative estimate of drug-likeness (QED) is 0.709. The van der Waals surface area contributed by atoms with Crippen molar-refractivity contribution in [2.45, 2.75) is 60.8 Å². The van der Waals surface area contributed by atoms with Crippen LogP contribution in [0.1, 0.15) is 60.8 Å². The Morgan fingerprint density at radius 2 is 1.94 bits per heavy atom. The third kappa shape index (κ3) is 2.43. The molecule has 0 saturated carbocycles. The Morgan fingerprint density at radius 1 is 1.35 bits per heavy atom. The van der Waals surface area contributed by atoms with Gasteiger partial charge < -0.3 is 5.11 Å². The highest BCUT2D eigenvalue weighted by Gasteiger charge is 2.46. The number of hydrogen-bond acceptors (Lipinski definition) is 1. The van der Waals surface area contributed by atoms with Gasteiger partial charge in [-0.1, -0.05) is 53.5 Å². The minimum absolute atomic E-state index is 0.0566. The fourth-order valence-corrected chi connectivity index (χ4v) is 3.00. The number of allylic oxidation sites excluding steroid dienone is 3. The number of rotatable bonds is 3. The lowest BCUT2D eigenvalue weighted by Crippen LogP contribution is -2.42. The molecule has 1 aliphatic carbocycles. The molecule has 0 radical (unpaired) electrons. The summed E-state index contributed by atoms with van der Waals surface area (Å²) in [5.41, 5.74) is 1.36. The van der Waals surface area contributed by atoms with Gasteiger partial charge in [-0.05, 0) is 36.3 Å². The summed E-state index contributed by atoms with van der Waals surface area (Å²) in [6.45, 7) is 13.5. The molecule has 0 aromatic heterocycles. The van der Waals surface area contributed by atoms with Crippen LogP contribution >= 0.6 is 0 Å². The largest absolute Gasteiger partial charge is 0.508 e. The molecule has 0 amide bonds. The highest BCUT2D eigenvalue weighted by Crippen LogP contribution is 2.54. The van der Waals surface area contributed by atoms with E-state index in [0.29, 0.717) is 11.7 Å². The summed E-state index contributed by atoms with van der Waals surface area (Å²) in [5.74, 6) is 1.01. The van der Waals surface area contributed by atoms with Crippen LogP contribution in [0.25, 0.3) is 0 Å². The highest BCUT2D eigenvalue weighted by molar-refractivity contribution is 5.32. The molecule has 1 N–H and O–H groups in total. The van der Waals surface area contributed by atoms with Crippen molar-refractivity contribution in [2.24, 2.45) is 16.7 Å². The van der Waals surface area contributed by atoms with Crippen molar-refractivity contribution in [3.63, 3.8) is 0 Å². The smallest absolute Gasteiger partial charge is 0.114 e. The van der Waals surface area contributed by atoms with Crippen molar-refractivity contribution in [3.8, 4) is 0 Å². The molecule has 0 saturated heterocycles. The third-order valence-electron chi connectivity index (χ3n) is 4.82. The minimum Gasteiger partial charge on any atom is -0.508 e. The van der Waals surface area contributed by atoms with Gasteiger partial charge in [0, 0.05) is 5.41 Å². The molecule has 17 heavy (non-hydrogen) atoms. The van der Waals surface area contributed by atoms with Gasteiger partial charge in [-0.3, -0.25) is 0 Å². The summed E-state index contributed by atoms with van der Waals surface area (Å²) in [7, 11) is 0. The van der Waals surface area contributed by atoms with E-state index < -0.39 is 0 Å². The first-order valence-corrected chi connectivity index (χ1v) is 6.83. The first-order chi connectivity index (χ1) is 7.75. The minimum atomic E-state index is 0.0566. The summed E-state index contributed by atoms with van der Waals surface area (Å²) < 4.78 is 0. The van der Waals surface area contributed by atoms with Crippen molar-refractivity contribution < 1.29 is 5.11 Å². The van der Waals surface area contributed by atoms with Crippen LogP contribution in [0.3, 0.4) is 0 Å². The molecule has 1 nitrogen and oxygen atoms in total. The average molecular weight is 236 g/mol. The SMILES string of the molecule is CCCCC1C=CC(O)=C(C)C1(C)C(C)(C)C. The summed E-state index contributed by atoms with van der Waals surface area (Å²) in [5, 5.41) is 10.0. The third-order valence-corrected chi connectivity index (χ3v) is 4.82. The molecule has 0 heterocycles. The second-order valence-corrected chi connectivity index (χ2v) is 6.57. The Morgan fingerprint density at radius 3 is 2.41 bits per heavy atom. The monoisotopic (exact) mass is 236 g/mol. The van der Waals surface area contributed by atoms with E-state index in [1.807, 2.05) is 6.08 Å². The maximum Gasteiger partial charge on any atom is 0.114 e. The molecule has 0 aromatic rings. The lowest BCUT2D eigenvalue weighted by molar-refractivity contribution is 0.0842. The molecular formula is C16H28O. The lowest BCUT2D eigenvalue weighted by Gasteiger charge is -2.49. The van der Waals surface area contributed by atoms with Gasteiger partial charge in [0.15, 0.2) is 0 Å². The van der Waals surface area contributed by atoms with Gasteiger partial charge in [0.2, 0.25) is 0 Å². The first kappa shape index (κ1) is 14.3. The van der Waals surface area contributed by atoms with E-state index in [9.17, 15) is 5.11 Å². The van der Waals surface area contributed by atoms with Gasteiger partial charge in [0.05, 0.1) is 0 Å². The molecule has 2 atom stereocenters. The predicted molar refractivity (Wildman–Crippen MR) is 75.0 cm³/mol. The van der Waals surface area contributed by atoms with E-state index in [4.69, 9.17) is 0 Å². The molecule has 1 heteroatoms. The Labute approximate surface area is 107 Å². The Bertz CT molecular complexity index is 330. The molecule has 0 fully saturated rings. The summed E-state index contributed by atoms with van der Waals surface area (Å²) in [6.07, 6.45) is 7.81. The normalized spacial score (nSPS) is 29.9. The summed E-state index contributed by atoms with van der Waals surface area (Å²) in [6, 6.07) is 0. The van der Waals surface area contributed by atoms with E-state index in [-0.39, 0.29) is 10.8 Å². The number of hydrogen-bond donors (Lipinski definition) is 1. The van der Waals surface area contributed by atoms with Crippen LogP contribution in [0, 0.1) is 16.7 Å². The van der Waals surface area contributed by atoms with Crippen LogP contribution in [0.2, 0.25) is 0 Å². The fourth-order valence-electron chi connectivity index (χ4n) is 3.00. The van der Waals surface area contributed by atoms with Gasteiger partial charge in [0.25, 0.3) is 0 Å². The molecule has 98 valence electrons. The standard InChI is InChI=1S/C16H28O/c1-7-8-9-13-10-11-14(17)12(2)16(13,6)15(3,4)5/h10-11,13,17H,7-9H2,1-6H3. The second kappa shape index (κ2) is 4.88. The number of aliphatic hydroxyl groups excluding tert-OH is 1. The van der Waals surface area contributed by atoms with Gasteiger partial charge >= 0.3 is 0 Å². The van der Waals surface area contributed by atoms with Gasteiger partial charge in [0.1, 0.15) is 5.76 Å². The van der Waals surface area contributed by atoms with E-state index in [0.717, 1.165) is 5.57 Å². The highest BCUT2D eigenvalue weighted by atomic mass is 16.3. The van der Waals surface area contributed by atoms with Crippen LogP contribution in [-0.2, 0) is 0 Å². The summed E-state index contributed by atoms with van der Waals surface area (Å²) in [4.78, 5) is 0. The Hall–Kier alpha value is -0.720. The average Bonchev–Trinajstić information content (AvgIpc) is 2.23. The molecule has 0 spiro atoms. The molecule has 0 aliphatic heterocycles. The van der Waals surface area contributed by atoms with Crippen molar-refractivity contribution >= 4 is 0 Å². The van der Waals surface area contributed by atoms with Crippen molar-refractivity contribution in [2.75, 3.05) is 0 Å². The van der Waals surface area contributed by atoms with E-state index in [2.05, 4.69) is 47.6 Å². The van der Waals surface area contributed by atoms with Crippen LogP contribution in [0.5, 0.6) is 0 Å². The van der Waals surface area contributed by atoms with Gasteiger partial charge in [-0.15, -0.1) is 0 Å². The molecule has 1 rings (SSSR count). The Kier molecular flexibility index (Phi) is 4.11. The zero-order valence-electron chi connectivity index (χ0n) is 12.3. The Balaban J connectivity index is 3.12. The molecule has 1 aliphatic rings. The van der Waals surface area contributed by atoms with Gasteiger partial charge in [-0.2, -0.15) is 0 Å².